The molecular formula is C24H36N2O2. The summed E-state index contributed by atoms with van der Waals surface area (Å²) in [6, 6.07) is 4.30. The fourth-order valence-electron chi connectivity index (χ4n) is 4.08. The van der Waals surface area contributed by atoms with E-state index in [0.717, 1.165) is 62.1 Å². The van der Waals surface area contributed by atoms with Gasteiger partial charge in [-0.15, -0.1) is 0 Å². The molecule has 2 heterocycles. The van der Waals surface area contributed by atoms with E-state index in [1.54, 1.807) is 0 Å². The molecule has 154 valence electrons. The Kier molecular flexibility index (Phi) is 6.82. The molecule has 0 bridgehead atoms. The minimum atomic E-state index is 0.182. The van der Waals surface area contributed by atoms with E-state index < -0.39 is 0 Å². The lowest BCUT2D eigenvalue weighted by Gasteiger charge is -2.28. The monoisotopic (exact) mass is 384 g/mol. The van der Waals surface area contributed by atoms with Crippen LogP contribution < -0.4 is 0 Å². The lowest BCUT2D eigenvalue weighted by Crippen LogP contribution is -2.34. The van der Waals surface area contributed by atoms with Gasteiger partial charge in [0, 0.05) is 36.5 Å². The Morgan fingerprint density at radius 3 is 2.39 bits per heavy atom. The number of hydrogen-bond acceptors (Lipinski definition) is 3. The van der Waals surface area contributed by atoms with Gasteiger partial charge in [0.15, 0.2) is 0 Å². The number of hydrogen-bond donors (Lipinski definition) is 0. The average Bonchev–Trinajstić information content (AvgIpc) is 2.93. The van der Waals surface area contributed by atoms with Crippen LogP contribution in [-0.4, -0.2) is 42.1 Å². The molecule has 0 aliphatic carbocycles. The Labute approximate surface area is 170 Å². The van der Waals surface area contributed by atoms with Crippen molar-refractivity contribution in [2.24, 2.45) is 11.8 Å². The molecule has 1 aromatic rings. The SMILES string of the molecule is C=C1c2cc3c(cc2COCN1CC(C)CC)CCCN(CC(C)CC)C3=O. The van der Waals surface area contributed by atoms with Gasteiger partial charge in [0.2, 0.25) is 0 Å². The van der Waals surface area contributed by atoms with Crippen LogP contribution in [0.25, 0.3) is 5.70 Å². The molecule has 0 N–H and O–H groups in total. The Morgan fingerprint density at radius 2 is 1.71 bits per heavy atom. The van der Waals surface area contributed by atoms with Crippen molar-refractivity contribution in [2.45, 2.75) is 60.0 Å². The molecule has 1 aromatic carbocycles. The third-order valence-corrected chi connectivity index (χ3v) is 6.38. The summed E-state index contributed by atoms with van der Waals surface area (Å²) >= 11 is 0. The Morgan fingerprint density at radius 1 is 1.04 bits per heavy atom. The first kappa shape index (κ1) is 20.9. The van der Waals surface area contributed by atoms with E-state index >= 15 is 0 Å². The van der Waals surface area contributed by atoms with Crippen LogP contribution in [0.2, 0.25) is 0 Å². The van der Waals surface area contributed by atoms with Crippen LogP contribution in [-0.2, 0) is 17.8 Å². The molecule has 2 unspecified atom stereocenters. The minimum Gasteiger partial charge on any atom is -0.356 e. The van der Waals surface area contributed by atoms with Crippen molar-refractivity contribution in [3.63, 3.8) is 0 Å². The largest absolute Gasteiger partial charge is 0.356 e. The predicted molar refractivity (Wildman–Crippen MR) is 115 cm³/mol. The molecule has 1 amide bonds. The van der Waals surface area contributed by atoms with E-state index in [1.165, 1.54) is 11.1 Å². The van der Waals surface area contributed by atoms with Crippen molar-refractivity contribution in [2.75, 3.05) is 26.4 Å². The van der Waals surface area contributed by atoms with Gasteiger partial charge in [-0.05, 0) is 41.9 Å². The van der Waals surface area contributed by atoms with Crippen molar-refractivity contribution < 1.29 is 9.53 Å². The second kappa shape index (κ2) is 9.13. The maximum Gasteiger partial charge on any atom is 0.254 e. The summed E-state index contributed by atoms with van der Waals surface area (Å²) in [7, 11) is 0. The first-order chi connectivity index (χ1) is 13.4. The second-order valence-corrected chi connectivity index (χ2v) is 8.69. The standard InChI is InChI=1S/C24H36N2O2/c1-6-17(3)13-25-10-8-9-20-11-21-15-28-16-26(14-18(4)7-2)19(5)22(21)12-23(20)24(25)27/h11-12,17-18H,5-10,13-16H2,1-4H3. The van der Waals surface area contributed by atoms with Gasteiger partial charge < -0.3 is 14.5 Å². The van der Waals surface area contributed by atoms with Gasteiger partial charge in [-0.3, -0.25) is 4.79 Å². The van der Waals surface area contributed by atoms with Crippen molar-refractivity contribution in [1.82, 2.24) is 9.80 Å². The summed E-state index contributed by atoms with van der Waals surface area (Å²) < 4.78 is 5.96. The van der Waals surface area contributed by atoms with Gasteiger partial charge in [0.25, 0.3) is 5.91 Å². The molecule has 3 rings (SSSR count). The molecule has 2 aliphatic rings. The summed E-state index contributed by atoms with van der Waals surface area (Å²) in [4.78, 5) is 17.6. The van der Waals surface area contributed by atoms with Gasteiger partial charge in [0.1, 0.15) is 6.73 Å². The zero-order valence-corrected chi connectivity index (χ0v) is 18.1. The topological polar surface area (TPSA) is 32.8 Å². The molecular weight excluding hydrogens is 348 g/mol. The third kappa shape index (κ3) is 4.43. The molecule has 0 aromatic heterocycles. The van der Waals surface area contributed by atoms with Crippen LogP contribution >= 0.6 is 0 Å². The van der Waals surface area contributed by atoms with Gasteiger partial charge in [-0.2, -0.15) is 0 Å². The first-order valence-corrected chi connectivity index (χ1v) is 10.9. The van der Waals surface area contributed by atoms with Gasteiger partial charge in [-0.25, -0.2) is 0 Å². The number of aryl methyl sites for hydroxylation is 1. The Bertz CT molecular complexity index is 670. The number of nitrogens with zero attached hydrogens (tertiary/aromatic N) is 2. The van der Waals surface area contributed by atoms with Crippen LogP contribution in [0.5, 0.6) is 0 Å². The highest BCUT2D eigenvalue weighted by atomic mass is 16.5. The highest BCUT2D eigenvalue weighted by molar-refractivity contribution is 5.97. The molecule has 0 fully saturated rings. The van der Waals surface area contributed by atoms with E-state index in [-0.39, 0.29) is 5.91 Å². The maximum absolute atomic E-state index is 13.3. The average molecular weight is 385 g/mol. The number of amides is 1. The summed E-state index contributed by atoms with van der Waals surface area (Å²) in [6.45, 7) is 17.0. The normalized spacial score (nSPS) is 19.6. The predicted octanol–water partition coefficient (Wildman–Crippen LogP) is 4.93. The minimum absolute atomic E-state index is 0.182. The fraction of sp³-hybridized carbons (Fsp3) is 0.625. The lowest BCUT2D eigenvalue weighted by atomic mass is 9.94. The molecule has 0 saturated heterocycles. The Balaban J connectivity index is 1.93. The lowest BCUT2D eigenvalue weighted by molar-refractivity contribution is 0.0483. The number of ether oxygens (including phenoxy) is 1. The second-order valence-electron chi connectivity index (χ2n) is 8.69. The van der Waals surface area contributed by atoms with Crippen LogP contribution in [0, 0.1) is 11.8 Å². The van der Waals surface area contributed by atoms with E-state index in [9.17, 15) is 4.79 Å². The first-order valence-electron chi connectivity index (χ1n) is 10.9. The molecule has 4 heteroatoms. The van der Waals surface area contributed by atoms with Crippen LogP contribution in [0.1, 0.15) is 74.0 Å². The van der Waals surface area contributed by atoms with Crippen molar-refractivity contribution in [1.29, 1.82) is 0 Å². The van der Waals surface area contributed by atoms with E-state index in [4.69, 9.17) is 4.74 Å². The zero-order valence-electron chi connectivity index (χ0n) is 18.1. The summed E-state index contributed by atoms with van der Waals surface area (Å²) in [6.07, 6.45) is 4.20. The van der Waals surface area contributed by atoms with Crippen molar-refractivity contribution >= 4 is 11.6 Å². The highest BCUT2D eigenvalue weighted by Gasteiger charge is 2.27. The van der Waals surface area contributed by atoms with Gasteiger partial charge in [-0.1, -0.05) is 53.2 Å². The van der Waals surface area contributed by atoms with E-state index in [2.05, 4.69) is 56.2 Å². The quantitative estimate of drug-likeness (QED) is 0.697. The highest BCUT2D eigenvalue weighted by Crippen LogP contribution is 2.32. The van der Waals surface area contributed by atoms with Crippen molar-refractivity contribution in [3.05, 3.63) is 41.0 Å². The number of benzene rings is 1. The molecule has 28 heavy (non-hydrogen) atoms. The fourth-order valence-corrected chi connectivity index (χ4v) is 4.08. The van der Waals surface area contributed by atoms with Crippen LogP contribution in [0.15, 0.2) is 18.7 Å². The summed E-state index contributed by atoms with van der Waals surface area (Å²) in [5.74, 6) is 1.29. The van der Waals surface area contributed by atoms with Gasteiger partial charge in [0.05, 0.1) is 6.61 Å². The van der Waals surface area contributed by atoms with E-state index in [1.807, 2.05) is 0 Å². The molecule has 0 radical (unpaired) electrons. The molecule has 0 spiro atoms. The number of carbonyl (C=O) groups excluding carboxylic acids is 1. The number of carbonyl (C=O) groups is 1. The third-order valence-electron chi connectivity index (χ3n) is 6.38. The number of fused-ring (bicyclic) bond motifs is 2. The number of rotatable bonds is 6. The van der Waals surface area contributed by atoms with E-state index in [0.29, 0.717) is 25.2 Å². The molecule has 2 atom stereocenters. The maximum atomic E-state index is 13.3. The Hall–Kier alpha value is -1.81. The van der Waals surface area contributed by atoms with Crippen LogP contribution in [0.4, 0.5) is 0 Å². The smallest absolute Gasteiger partial charge is 0.254 e. The van der Waals surface area contributed by atoms with Gasteiger partial charge >= 0.3 is 0 Å². The zero-order chi connectivity index (χ0) is 20.3. The molecule has 0 saturated carbocycles. The van der Waals surface area contributed by atoms with Crippen LogP contribution in [0.3, 0.4) is 0 Å². The summed E-state index contributed by atoms with van der Waals surface area (Å²) in [5, 5.41) is 0. The molecule has 2 aliphatic heterocycles. The van der Waals surface area contributed by atoms with Crippen molar-refractivity contribution in [3.8, 4) is 0 Å². The molecule has 4 nitrogen and oxygen atoms in total. The summed E-state index contributed by atoms with van der Waals surface area (Å²) in [5.41, 5.74) is 5.27.